The summed E-state index contributed by atoms with van der Waals surface area (Å²) in [5.74, 6) is -1.72. The Morgan fingerprint density at radius 3 is 2.92 bits per heavy atom. The van der Waals surface area contributed by atoms with E-state index >= 15 is 0 Å². The number of anilines is 3. The average Bonchev–Trinajstić information content (AvgIpc) is 2.67. The van der Waals surface area contributed by atoms with Crippen molar-refractivity contribution >= 4 is 35.5 Å². The van der Waals surface area contributed by atoms with Crippen LogP contribution in [0.3, 0.4) is 0 Å². The molecule has 1 atom stereocenters. The third-order valence-electron chi connectivity index (χ3n) is 3.93. The highest BCUT2D eigenvalue weighted by atomic mass is 35.5. The number of nitrogens with zero attached hydrogens (tertiary/aromatic N) is 3. The van der Waals surface area contributed by atoms with E-state index in [0.717, 1.165) is 0 Å². The zero-order valence-electron chi connectivity index (χ0n) is 13.8. The van der Waals surface area contributed by atoms with Crippen LogP contribution < -0.4 is 10.6 Å². The molecule has 1 aromatic carbocycles. The molecule has 2 aromatic rings. The fourth-order valence-electron chi connectivity index (χ4n) is 2.59. The van der Waals surface area contributed by atoms with E-state index < -0.39 is 17.7 Å². The van der Waals surface area contributed by atoms with Gasteiger partial charge in [0.2, 0.25) is 12.4 Å². The first-order chi connectivity index (χ1) is 12.5. The smallest absolute Gasteiger partial charge is 0.229 e. The molecule has 1 aliphatic rings. The minimum atomic E-state index is -1.08. The number of ether oxygens (including phenoxy) is 1. The molecule has 0 bridgehead atoms. The quantitative estimate of drug-likeness (QED) is 0.773. The molecule has 7 nitrogen and oxygen atoms in total. The Kier molecular flexibility index (Phi) is 5.48. The summed E-state index contributed by atoms with van der Waals surface area (Å²) in [6.07, 6.45) is 1.28. The van der Waals surface area contributed by atoms with E-state index in [2.05, 4.69) is 20.6 Å². The zero-order valence-corrected chi connectivity index (χ0v) is 14.6. The van der Waals surface area contributed by atoms with Crippen molar-refractivity contribution in [2.75, 3.05) is 37.4 Å². The summed E-state index contributed by atoms with van der Waals surface area (Å²) in [6, 6.07) is 2.78. The molecule has 10 heteroatoms. The standard InChI is InChI=1S/C16H16ClF2N5O2/c1-20-15-10(17)6-21-16(23-15)22-11-3-2-9(13(18)14(11)19)12-7-24(8-25)4-5-26-12/h2-3,6,8,12H,4-5,7H2,1H3,(H2,20,21,22,23). The first-order valence-electron chi connectivity index (χ1n) is 7.79. The fourth-order valence-corrected chi connectivity index (χ4v) is 2.77. The van der Waals surface area contributed by atoms with Crippen LogP contribution in [0.2, 0.25) is 5.02 Å². The summed E-state index contributed by atoms with van der Waals surface area (Å²) < 4.78 is 34.4. The Balaban J connectivity index is 1.84. The number of nitrogens with one attached hydrogen (secondary N) is 2. The molecule has 1 aromatic heterocycles. The summed E-state index contributed by atoms with van der Waals surface area (Å²) in [6.45, 7) is 0.847. The molecule has 3 rings (SSSR count). The van der Waals surface area contributed by atoms with E-state index in [1.165, 1.54) is 23.2 Å². The first kappa shape index (κ1) is 18.3. The number of aromatic nitrogens is 2. The van der Waals surface area contributed by atoms with Gasteiger partial charge in [-0.25, -0.2) is 13.8 Å². The van der Waals surface area contributed by atoms with Crippen LogP contribution in [0.15, 0.2) is 18.3 Å². The Morgan fingerprint density at radius 2 is 2.19 bits per heavy atom. The highest BCUT2D eigenvalue weighted by molar-refractivity contribution is 6.32. The number of morpholine rings is 1. The predicted molar refractivity (Wildman–Crippen MR) is 92.6 cm³/mol. The molecule has 1 unspecified atom stereocenters. The van der Waals surface area contributed by atoms with Gasteiger partial charge in [0.15, 0.2) is 11.6 Å². The molecule has 26 heavy (non-hydrogen) atoms. The lowest BCUT2D eigenvalue weighted by molar-refractivity contribution is -0.125. The molecule has 0 aliphatic carbocycles. The number of amides is 1. The molecular weight excluding hydrogens is 368 g/mol. The van der Waals surface area contributed by atoms with Crippen LogP contribution in [0.4, 0.5) is 26.2 Å². The summed E-state index contributed by atoms with van der Waals surface area (Å²) >= 11 is 5.89. The molecular formula is C16H16ClF2N5O2. The largest absolute Gasteiger partial charge is 0.372 e. The van der Waals surface area contributed by atoms with Crippen molar-refractivity contribution in [2.24, 2.45) is 0 Å². The number of benzene rings is 1. The SMILES string of the molecule is CNc1nc(Nc2ccc(C3CN(C=O)CCO3)c(F)c2F)ncc1Cl. The van der Waals surface area contributed by atoms with Gasteiger partial charge >= 0.3 is 0 Å². The zero-order chi connectivity index (χ0) is 18.7. The van der Waals surface area contributed by atoms with Crippen molar-refractivity contribution in [3.63, 3.8) is 0 Å². The maximum Gasteiger partial charge on any atom is 0.229 e. The van der Waals surface area contributed by atoms with Crippen LogP contribution in [0.1, 0.15) is 11.7 Å². The summed E-state index contributed by atoms with van der Waals surface area (Å²) in [4.78, 5) is 20.3. The van der Waals surface area contributed by atoms with Crippen molar-refractivity contribution in [2.45, 2.75) is 6.10 Å². The van der Waals surface area contributed by atoms with E-state index in [1.54, 1.807) is 7.05 Å². The summed E-state index contributed by atoms with van der Waals surface area (Å²) in [5, 5.41) is 5.69. The number of hydrogen-bond acceptors (Lipinski definition) is 6. The van der Waals surface area contributed by atoms with Gasteiger partial charge in [0.1, 0.15) is 16.9 Å². The molecule has 2 N–H and O–H groups in total. The average molecular weight is 384 g/mol. The third-order valence-corrected chi connectivity index (χ3v) is 4.21. The minimum Gasteiger partial charge on any atom is -0.372 e. The van der Waals surface area contributed by atoms with Gasteiger partial charge in [-0.15, -0.1) is 0 Å². The molecule has 1 fully saturated rings. The lowest BCUT2D eigenvalue weighted by Crippen LogP contribution is -2.37. The van der Waals surface area contributed by atoms with Gasteiger partial charge in [-0.1, -0.05) is 17.7 Å². The van der Waals surface area contributed by atoms with Crippen molar-refractivity contribution in [3.05, 3.63) is 40.6 Å². The molecule has 1 amide bonds. The van der Waals surface area contributed by atoms with Gasteiger partial charge in [0.05, 0.1) is 25.0 Å². The maximum absolute atomic E-state index is 14.5. The molecule has 0 radical (unpaired) electrons. The number of halogens is 3. The second-order valence-electron chi connectivity index (χ2n) is 5.56. The molecule has 1 saturated heterocycles. The van der Waals surface area contributed by atoms with Crippen molar-refractivity contribution < 1.29 is 18.3 Å². The molecule has 2 heterocycles. The van der Waals surface area contributed by atoms with Crippen molar-refractivity contribution in [3.8, 4) is 0 Å². The van der Waals surface area contributed by atoms with Crippen molar-refractivity contribution in [1.82, 2.24) is 14.9 Å². The van der Waals surface area contributed by atoms with Gasteiger partial charge in [0.25, 0.3) is 0 Å². The molecule has 0 saturated carbocycles. The highest BCUT2D eigenvalue weighted by Crippen LogP contribution is 2.30. The minimum absolute atomic E-state index is 0.0486. The van der Waals surface area contributed by atoms with Crippen LogP contribution in [-0.4, -0.2) is 48.0 Å². The van der Waals surface area contributed by atoms with E-state index in [1.807, 2.05) is 0 Å². The Morgan fingerprint density at radius 1 is 1.38 bits per heavy atom. The van der Waals surface area contributed by atoms with Gasteiger partial charge in [-0.2, -0.15) is 4.98 Å². The van der Waals surface area contributed by atoms with Gasteiger partial charge in [0, 0.05) is 19.2 Å². The third kappa shape index (κ3) is 3.68. The summed E-state index contributed by atoms with van der Waals surface area (Å²) in [5.41, 5.74) is -0.0776. The number of hydrogen-bond donors (Lipinski definition) is 2. The second-order valence-corrected chi connectivity index (χ2v) is 5.96. The Hall–Kier alpha value is -2.52. The molecule has 0 spiro atoms. The normalized spacial score (nSPS) is 17.1. The van der Waals surface area contributed by atoms with Crippen LogP contribution in [-0.2, 0) is 9.53 Å². The first-order valence-corrected chi connectivity index (χ1v) is 8.17. The van der Waals surface area contributed by atoms with Gasteiger partial charge in [-0.3, -0.25) is 4.79 Å². The van der Waals surface area contributed by atoms with Crippen LogP contribution in [0.5, 0.6) is 0 Å². The van der Waals surface area contributed by atoms with E-state index in [9.17, 15) is 13.6 Å². The Bertz CT molecular complexity index is 823. The summed E-state index contributed by atoms with van der Waals surface area (Å²) in [7, 11) is 1.62. The monoisotopic (exact) mass is 383 g/mol. The maximum atomic E-state index is 14.5. The van der Waals surface area contributed by atoms with Crippen molar-refractivity contribution in [1.29, 1.82) is 0 Å². The van der Waals surface area contributed by atoms with Gasteiger partial charge in [-0.05, 0) is 6.07 Å². The second kappa shape index (κ2) is 7.79. The lowest BCUT2D eigenvalue weighted by Gasteiger charge is -2.30. The van der Waals surface area contributed by atoms with Crippen LogP contribution >= 0.6 is 11.6 Å². The van der Waals surface area contributed by atoms with Crippen LogP contribution in [0.25, 0.3) is 0 Å². The number of carbonyl (C=O) groups is 1. The highest BCUT2D eigenvalue weighted by Gasteiger charge is 2.26. The molecule has 1 aliphatic heterocycles. The van der Waals surface area contributed by atoms with Crippen LogP contribution in [0, 0.1) is 11.6 Å². The Labute approximate surface area is 153 Å². The van der Waals surface area contributed by atoms with E-state index in [0.29, 0.717) is 23.8 Å². The fraction of sp³-hybridized carbons (Fsp3) is 0.312. The predicted octanol–water partition coefficient (Wildman–Crippen LogP) is 2.72. The van der Waals surface area contributed by atoms with E-state index in [4.69, 9.17) is 16.3 Å². The lowest BCUT2D eigenvalue weighted by atomic mass is 10.1. The topological polar surface area (TPSA) is 79.4 Å². The van der Waals surface area contributed by atoms with Gasteiger partial charge < -0.3 is 20.3 Å². The van der Waals surface area contributed by atoms with E-state index in [-0.39, 0.29) is 30.4 Å². The molecule has 138 valence electrons. The number of carbonyl (C=O) groups excluding carboxylic acids is 1. The number of rotatable bonds is 5.